The standard InChI is InChI=1S/C13H14N2/c1-3-15(4-2)13-9-7-12(8-10-13)6-5-11-14/h7-10H,3-4H2,1-2H3. The SMILES string of the molecule is CCN(CC)c1ccc(C#CC#N)cc1. The van der Waals surface area contributed by atoms with Gasteiger partial charge in [-0.05, 0) is 38.1 Å². The van der Waals surface area contributed by atoms with Gasteiger partial charge in [0.25, 0.3) is 0 Å². The first-order valence-electron chi connectivity index (χ1n) is 5.07. The summed E-state index contributed by atoms with van der Waals surface area (Å²) in [5.74, 6) is 5.15. The first-order valence-corrected chi connectivity index (χ1v) is 5.07. The number of anilines is 1. The maximum Gasteiger partial charge on any atom is 0.152 e. The number of hydrogen-bond donors (Lipinski definition) is 0. The molecule has 0 unspecified atom stereocenters. The fraction of sp³-hybridized carbons (Fsp3) is 0.308. The second-order valence-corrected chi connectivity index (χ2v) is 3.08. The van der Waals surface area contributed by atoms with Gasteiger partial charge in [0.05, 0.1) is 0 Å². The van der Waals surface area contributed by atoms with Gasteiger partial charge in [-0.2, -0.15) is 5.26 Å². The number of nitriles is 1. The van der Waals surface area contributed by atoms with Crippen LogP contribution in [0.15, 0.2) is 24.3 Å². The summed E-state index contributed by atoms with van der Waals surface area (Å²) in [5.41, 5.74) is 2.08. The van der Waals surface area contributed by atoms with Crippen LogP contribution in [-0.2, 0) is 0 Å². The second kappa shape index (κ2) is 5.73. The third-order valence-corrected chi connectivity index (χ3v) is 2.26. The minimum Gasteiger partial charge on any atom is -0.372 e. The van der Waals surface area contributed by atoms with E-state index in [0.29, 0.717) is 0 Å². The highest BCUT2D eigenvalue weighted by Crippen LogP contribution is 2.14. The van der Waals surface area contributed by atoms with Gasteiger partial charge in [-0.15, -0.1) is 0 Å². The van der Waals surface area contributed by atoms with Gasteiger partial charge < -0.3 is 4.90 Å². The predicted octanol–water partition coefficient (Wildman–Crippen LogP) is 2.41. The van der Waals surface area contributed by atoms with Crippen molar-refractivity contribution >= 4 is 5.69 Å². The molecule has 0 spiro atoms. The molecule has 2 heteroatoms. The van der Waals surface area contributed by atoms with Crippen molar-refractivity contribution in [2.45, 2.75) is 13.8 Å². The van der Waals surface area contributed by atoms with Crippen LogP contribution >= 0.6 is 0 Å². The van der Waals surface area contributed by atoms with Crippen molar-refractivity contribution in [2.24, 2.45) is 0 Å². The molecule has 0 radical (unpaired) electrons. The van der Waals surface area contributed by atoms with E-state index in [-0.39, 0.29) is 0 Å². The Balaban J connectivity index is 2.85. The Kier molecular flexibility index (Phi) is 4.26. The zero-order valence-corrected chi connectivity index (χ0v) is 9.12. The lowest BCUT2D eigenvalue weighted by Gasteiger charge is -2.20. The molecule has 0 saturated heterocycles. The van der Waals surface area contributed by atoms with E-state index in [1.165, 1.54) is 5.69 Å². The molecular formula is C13H14N2. The minimum atomic E-state index is 0.882. The average molecular weight is 198 g/mol. The number of hydrogen-bond acceptors (Lipinski definition) is 2. The molecule has 1 rings (SSSR count). The topological polar surface area (TPSA) is 27.0 Å². The van der Waals surface area contributed by atoms with E-state index in [1.807, 2.05) is 24.3 Å². The minimum absolute atomic E-state index is 0.882. The average Bonchev–Trinajstić information content (AvgIpc) is 2.29. The molecule has 0 heterocycles. The van der Waals surface area contributed by atoms with Gasteiger partial charge in [0.2, 0.25) is 0 Å². The molecule has 0 bridgehead atoms. The molecule has 0 aromatic heterocycles. The molecule has 0 fully saturated rings. The van der Waals surface area contributed by atoms with Gasteiger partial charge in [0.1, 0.15) is 0 Å². The van der Waals surface area contributed by atoms with E-state index in [9.17, 15) is 0 Å². The molecule has 0 aliphatic carbocycles. The predicted molar refractivity (Wildman–Crippen MR) is 62.5 cm³/mol. The first kappa shape index (κ1) is 11.1. The molecule has 1 aromatic carbocycles. The van der Waals surface area contributed by atoms with Crippen LogP contribution in [0, 0.1) is 23.2 Å². The van der Waals surface area contributed by atoms with E-state index in [2.05, 4.69) is 30.6 Å². The maximum atomic E-state index is 8.31. The van der Waals surface area contributed by atoms with Crippen molar-refractivity contribution in [3.05, 3.63) is 29.8 Å². The molecule has 76 valence electrons. The lowest BCUT2D eigenvalue weighted by Crippen LogP contribution is -2.21. The van der Waals surface area contributed by atoms with Gasteiger partial charge >= 0.3 is 0 Å². The highest BCUT2D eigenvalue weighted by molar-refractivity contribution is 5.50. The van der Waals surface area contributed by atoms with Gasteiger partial charge in [-0.3, -0.25) is 0 Å². The fourth-order valence-corrected chi connectivity index (χ4v) is 1.44. The van der Waals surface area contributed by atoms with Gasteiger partial charge in [0, 0.05) is 30.3 Å². The molecule has 15 heavy (non-hydrogen) atoms. The van der Waals surface area contributed by atoms with Crippen molar-refractivity contribution in [3.63, 3.8) is 0 Å². The van der Waals surface area contributed by atoms with Crippen LogP contribution in [-0.4, -0.2) is 13.1 Å². The summed E-state index contributed by atoms with van der Waals surface area (Å²) in [5, 5.41) is 8.31. The largest absolute Gasteiger partial charge is 0.372 e. The van der Waals surface area contributed by atoms with E-state index < -0.39 is 0 Å². The van der Waals surface area contributed by atoms with E-state index in [0.717, 1.165) is 18.7 Å². The zero-order chi connectivity index (χ0) is 11.1. The molecule has 0 saturated carbocycles. The van der Waals surface area contributed by atoms with Crippen LogP contribution in [0.1, 0.15) is 19.4 Å². The van der Waals surface area contributed by atoms with Gasteiger partial charge in [-0.1, -0.05) is 5.92 Å². The summed E-state index contributed by atoms with van der Waals surface area (Å²) >= 11 is 0. The summed E-state index contributed by atoms with van der Waals surface area (Å²) in [7, 11) is 0. The van der Waals surface area contributed by atoms with Crippen LogP contribution in [0.2, 0.25) is 0 Å². The molecule has 0 atom stereocenters. The molecule has 0 amide bonds. The Morgan fingerprint density at radius 2 is 1.73 bits per heavy atom. The monoisotopic (exact) mass is 198 g/mol. The molecule has 0 aliphatic rings. The van der Waals surface area contributed by atoms with E-state index >= 15 is 0 Å². The molecular weight excluding hydrogens is 184 g/mol. The summed E-state index contributed by atoms with van der Waals surface area (Å²) < 4.78 is 0. The Labute approximate surface area is 91.1 Å². The van der Waals surface area contributed by atoms with Crippen LogP contribution in [0.3, 0.4) is 0 Å². The zero-order valence-electron chi connectivity index (χ0n) is 9.12. The highest BCUT2D eigenvalue weighted by atomic mass is 15.1. The van der Waals surface area contributed by atoms with E-state index in [1.54, 1.807) is 6.07 Å². The van der Waals surface area contributed by atoms with Crippen LogP contribution in [0.4, 0.5) is 5.69 Å². The Bertz CT molecular complexity index is 397. The third kappa shape index (κ3) is 3.04. The maximum absolute atomic E-state index is 8.31. The third-order valence-electron chi connectivity index (χ3n) is 2.26. The van der Waals surface area contributed by atoms with Crippen molar-refractivity contribution in [2.75, 3.05) is 18.0 Å². The Morgan fingerprint density at radius 1 is 1.13 bits per heavy atom. The Morgan fingerprint density at radius 3 is 2.20 bits per heavy atom. The first-order chi connectivity index (χ1) is 7.31. The van der Waals surface area contributed by atoms with Crippen molar-refractivity contribution in [1.29, 1.82) is 5.26 Å². The smallest absolute Gasteiger partial charge is 0.152 e. The number of benzene rings is 1. The molecule has 2 nitrogen and oxygen atoms in total. The molecule has 0 N–H and O–H groups in total. The van der Waals surface area contributed by atoms with Crippen molar-refractivity contribution in [3.8, 4) is 17.9 Å². The lowest BCUT2D eigenvalue weighted by atomic mass is 10.2. The summed E-state index contributed by atoms with van der Waals surface area (Å²) in [6.07, 6.45) is 0. The normalized spacial score (nSPS) is 8.60. The molecule has 1 aromatic rings. The van der Waals surface area contributed by atoms with Crippen molar-refractivity contribution < 1.29 is 0 Å². The Hall–Kier alpha value is -1.93. The highest BCUT2D eigenvalue weighted by Gasteiger charge is 1.99. The quantitative estimate of drug-likeness (QED) is 0.697. The van der Waals surface area contributed by atoms with Gasteiger partial charge in [-0.25, -0.2) is 0 Å². The van der Waals surface area contributed by atoms with Crippen LogP contribution in [0.25, 0.3) is 0 Å². The summed E-state index contributed by atoms with van der Waals surface area (Å²) in [6.45, 7) is 6.26. The van der Waals surface area contributed by atoms with Crippen LogP contribution in [0.5, 0.6) is 0 Å². The van der Waals surface area contributed by atoms with Gasteiger partial charge in [0.15, 0.2) is 6.07 Å². The number of rotatable bonds is 3. The number of nitrogens with zero attached hydrogens (tertiary/aromatic N) is 2. The van der Waals surface area contributed by atoms with Crippen LogP contribution < -0.4 is 4.90 Å². The summed E-state index contributed by atoms with van der Waals surface area (Å²) in [6, 6.07) is 9.76. The summed E-state index contributed by atoms with van der Waals surface area (Å²) in [4.78, 5) is 2.27. The lowest BCUT2D eigenvalue weighted by molar-refractivity contribution is 0.866. The second-order valence-electron chi connectivity index (χ2n) is 3.08. The fourth-order valence-electron chi connectivity index (χ4n) is 1.44. The van der Waals surface area contributed by atoms with Crippen molar-refractivity contribution in [1.82, 2.24) is 0 Å². The molecule has 0 aliphatic heterocycles. The van der Waals surface area contributed by atoms with E-state index in [4.69, 9.17) is 5.26 Å².